The maximum Gasteiger partial charge on any atom is 0.307 e. The number of hydrogen-bond donors (Lipinski definition) is 1. The summed E-state index contributed by atoms with van der Waals surface area (Å²) in [5.74, 6) is 0.598. The summed E-state index contributed by atoms with van der Waals surface area (Å²) < 4.78 is 11.3. The molecule has 0 aliphatic carbocycles. The van der Waals surface area contributed by atoms with Crippen LogP contribution in [-0.2, 0) is 9.53 Å². The number of carbonyl (C=O) groups excluding carboxylic acids is 1. The first-order valence-corrected chi connectivity index (χ1v) is 10.9. The minimum absolute atomic E-state index is 0.180. The van der Waals surface area contributed by atoms with Crippen molar-refractivity contribution in [1.82, 2.24) is 0 Å². The molecule has 0 heterocycles. The van der Waals surface area contributed by atoms with E-state index in [9.17, 15) is 4.79 Å². The fraction of sp³-hybridized carbons (Fsp3) is 0.632. The zero-order valence-electron chi connectivity index (χ0n) is 16.1. The van der Waals surface area contributed by atoms with Gasteiger partial charge in [0.05, 0.1) is 13.5 Å². The molecule has 0 radical (unpaired) electrons. The Hall–Kier alpha value is -1.33. The number of rotatable bonds is 8. The van der Waals surface area contributed by atoms with Crippen LogP contribution in [0.1, 0.15) is 59.6 Å². The molecule has 0 aliphatic rings. The van der Waals surface area contributed by atoms with E-state index in [0.717, 1.165) is 11.3 Å². The maximum absolute atomic E-state index is 11.4. The highest BCUT2D eigenvalue weighted by atomic mass is 28.4. The Kier molecular flexibility index (Phi) is 7.48. The first kappa shape index (κ1) is 20.7. The van der Waals surface area contributed by atoms with Gasteiger partial charge in [-0.05, 0) is 34.3 Å². The molecular formula is C19H33NO3Si. The van der Waals surface area contributed by atoms with E-state index in [2.05, 4.69) is 46.3 Å². The standard InChI is InChI=1S/C19H33NO3Si/c1-13(2)24(14(3)4,15(5)6)23-17-10-8-16(9-11-17)18(20)12-19(21)22-7/h8-11,13-15,18H,12,20H2,1-7H3/t18-/m1/s1. The Balaban J connectivity index is 2.97. The van der Waals surface area contributed by atoms with Gasteiger partial charge in [0.25, 0.3) is 8.32 Å². The molecule has 0 amide bonds. The summed E-state index contributed by atoms with van der Waals surface area (Å²) in [5.41, 5.74) is 8.56. The summed E-state index contributed by atoms with van der Waals surface area (Å²) in [4.78, 5) is 11.4. The normalized spacial score (nSPS) is 13.5. The van der Waals surface area contributed by atoms with Crippen LogP contribution in [0.4, 0.5) is 0 Å². The molecule has 0 bridgehead atoms. The highest BCUT2D eigenvalue weighted by molar-refractivity contribution is 6.78. The van der Waals surface area contributed by atoms with Crippen LogP contribution in [0.15, 0.2) is 24.3 Å². The van der Waals surface area contributed by atoms with Gasteiger partial charge in [-0.25, -0.2) is 0 Å². The smallest absolute Gasteiger partial charge is 0.307 e. The van der Waals surface area contributed by atoms with Crippen LogP contribution in [0.5, 0.6) is 5.75 Å². The molecule has 0 saturated heterocycles. The summed E-state index contributed by atoms with van der Waals surface area (Å²) in [7, 11) is -0.575. The van der Waals surface area contributed by atoms with E-state index in [1.165, 1.54) is 7.11 Å². The van der Waals surface area contributed by atoms with Crippen molar-refractivity contribution < 1.29 is 14.0 Å². The molecule has 1 aromatic carbocycles. The molecule has 0 aliphatic heterocycles. The van der Waals surface area contributed by atoms with Crippen molar-refractivity contribution in [2.24, 2.45) is 5.73 Å². The third-order valence-electron chi connectivity index (χ3n) is 4.92. The Morgan fingerprint density at radius 2 is 1.46 bits per heavy atom. The van der Waals surface area contributed by atoms with Crippen molar-refractivity contribution >= 4 is 14.3 Å². The second-order valence-corrected chi connectivity index (χ2v) is 12.8. The largest absolute Gasteiger partial charge is 0.543 e. The van der Waals surface area contributed by atoms with Crippen molar-refractivity contribution in [3.8, 4) is 5.75 Å². The van der Waals surface area contributed by atoms with Gasteiger partial charge >= 0.3 is 5.97 Å². The van der Waals surface area contributed by atoms with Gasteiger partial charge < -0.3 is 14.9 Å². The molecule has 24 heavy (non-hydrogen) atoms. The number of hydrogen-bond acceptors (Lipinski definition) is 4. The highest BCUT2D eigenvalue weighted by Gasteiger charge is 2.46. The van der Waals surface area contributed by atoms with Crippen molar-refractivity contribution in [3.63, 3.8) is 0 Å². The van der Waals surface area contributed by atoms with E-state index >= 15 is 0 Å². The fourth-order valence-electron chi connectivity index (χ4n) is 3.72. The minimum atomic E-state index is -1.95. The van der Waals surface area contributed by atoms with Gasteiger partial charge in [-0.2, -0.15) is 0 Å². The van der Waals surface area contributed by atoms with Crippen LogP contribution >= 0.6 is 0 Å². The lowest BCUT2D eigenvalue weighted by atomic mass is 10.1. The molecule has 1 atom stereocenters. The van der Waals surface area contributed by atoms with Crippen LogP contribution in [0.3, 0.4) is 0 Å². The lowest BCUT2D eigenvalue weighted by Gasteiger charge is -2.42. The van der Waals surface area contributed by atoms with E-state index < -0.39 is 8.32 Å². The van der Waals surface area contributed by atoms with Gasteiger partial charge in [-0.15, -0.1) is 0 Å². The Morgan fingerprint density at radius 3 is 1.83 bits per heavy atom. The summed E-state index contributed by atoms with van der Waals surface area (Å²) in [6.45, 7) is 13.6. The summed E-state index contributed by atoms with van der Waals surface area (Å²) in [6.07, 6.45) is 0.180. The van der Waals surface area contributed by atoms with E-state index in [4.69, 9.17) is 10.2 Å². The molecule has 0 fully saturated rings. The van der Waals surface area contributed by atoms with Crippen molar-refractivity contribution in [1.29, 1.82) is 0 Å². The van der Waals surface area contributed by atoms with E-state index in [1.54, 1.807) is 0 Å². The van der Waals surface area contributed by atoms with Crippen molar-refractivity contribution in [2.75, 3.05) is 7.11 Å². The number of esters is 1. The zero-order valence-corrected chi connectivity index (χ0v) is 17.1. The zero-order chi connectivity index (χ0) is 18.5. The fourth-order valence-corrected chi connectivity index (χ4v) is 8.97. The predicted octanol–water partition coefficient (Wildman–Crippen LogP) is 4.80. The summed E-state index contributed by atoms with van der Waals surface area (Å²) >= 11 is 0. The molecule has 136 valence electrons. The third-order valence-corrected chi connectivity index (χ3v) is 10.9. The lowest BCUT2D eigenvalue weighted by Crippen LogP contribution is -2.50. The molecule has 0 unspecified atom stereocenters. The van der Waals surface area contributed by atoms with Crippen LogP contribution in [-0.4, -0.2) is 21.4 Å². The Labute approximate surface area is 147 Å². The van der Waals surface area contributed by atoms with Crippen LogP contribution in [0.25, 0.3) is 0 Å². The maximum atomic E-state index is 11.4. The Morgan fingerprint density at radius 1 is 1.00 bits per heavy atom. The molecule has 0 aromatic heterocycles. The lowest BCUT2D eigenvalue weighted by molar-refractivity contribution is -0.141. The average Bonchev–Trinajstić information content (AvgIpc) is 2.51. The number of nitrogens with two attached hydrogens (primary N) is 1. The molecule has 2 N–H and O–H groups in total. The monoisotopic (exact) mass is 351 g/mol. The van der Waals surface area contributed by atoms with Gasteiger partial charge in [0.15, 0.2) is 0 Å². The van der Waals surface area contributed by atoms with E-state index in [1.807, 2.05) is 24.3 Å². The summed E-state index contributed by atoms with van der Waals surface area (Å²) in [5, 5.41) is 0. The molecule has 1 rings (SSSR count). The molecule has 5 heteroatoms. The summed E-state index contributed by atoms with van der Waals surface area (Å²) in [6, 6.07) is 7.49. The van der Waals surface area contributed by atoms with Crippen LogP contribution in [0, 0.1) is 0 Å². The van der Waals surface area contributed by atoms with Gasteiger partial charge in [0, 0.05) is 6.04 Å². The number of benzene rings is 1. The SMILES string of the molecule is COC(=O)C[C@@H](N)c1ccc(O[Si](C(C)C)(C(C)C)C(C)C)cc1. The molecular weight excluding hydrogens is 318 g/mol. The number of carbonyl (C=O) groups is 1. The van der Waals surface area contributed by atoms with Crippen molar-refractivity contribution in [3.05, 3.63) is 29.8 Å². The van der Waals surface area contributed by atoms with E-state index in [0.29, 0.717) is 16.6 Å². The first-order valence-electron chi connectivity index (χ1n) is 8.76. The third kappa shape index (κ3) is 4.60. The van der Waals surface area contributed by atoms with Crippen molar-refractivity contribution in [2.45, 2.75) is 70.6 Å². The second-order valence-electron chi connectivity index (χ2n) is 7.38. The number of ether oxygens (including phenoxy) is 1. The van der Waals surface area contributed by atoms with Gasteiger partial charge in [-0.1, -0.05) is 53.7 Å². The van der Waals surface area contributed by atoms with Crippen LogP contribution in [0.2, 0.25) is 16.6 Å². The van der Waals surface area contributed by atoms with Gasteiger partial charge in [0.2, 0.25) is 0 Å². The second kappa shape index (κ2) is 8.67. The molecule has 0 saturated carbocycles. The molecule has 0 spiro atoms. The molecule has 1 aromatic rings. The van der Waals surface area contributed by atoms with Crippen LogP contribution < -0.4 is 10.2 Å². The average molecular weight is 352 g/mol. The topological polar surface area (TPSA) is 61.5 Å². The number of methoxy groups -OCH3 is 1. The van der Waals surface area contributed by atoms with E-state index in [-0.39, 0.29) is 18.4 Å². The molecule has 4 nitrogen and oxygen atoms in total. The van der Waals surface area contributed by atoms with Gasteiger partial charge in [-0.3, -0.25) is 4.79 Å². The Bertz CT molecular complexity index is 504. The first-order chi connectivity index (χ1) is 11.1. The minimum Gasteiger partial charge on any atom is -0.543 e. The predicted molar refractivity (Wildman–Crippen MR) is 102 cm³/mol. The quantitative estimate of drug-likeness (QED) is 0.539. The highest BCUT2D eigenvalue weighted by Crippen LogP contribution is 2.42. The van der Waals surface area contributed by atoms with Gasteiger partial charge in [0.1, 0.15) is 5.75 Å².